The molecular weight excluding hydrogens is 356 g/mol. The number of anilines is 1. The molecule has 2 saturated heterocycles. The number of carbonyl (C=O) groups is 1. The van der Waals surface area contributed by atoms with E-state index in [1.807, 2.05) is 23.1 Å². The third-order valence-corrected chi connectivity index (χ3v) is 5.39. The molecule has 2 fully saturated rings. The van der Waals surface area contributed by atoms with Crippen LogP contribution in [0.1, 0.15) is 26.2 Å². The van der Waals surface area contributed by atoms with Crippen LogP contribution in [0.3, 0.4) is 0 Å². The van der Waals surface area contributed by atoms with Gasteiger partial charge in [0.15, 0.2) is 5.96 Å². The monoisotopic (exact) mass is 388 g/mol. The number of carbonyl (C=O) groups excluding carboxylic acids is 1. The molecule has 0 saturated carbocycles. The fourth-order valence-corrected chi connectivity index (χ4v) is 3.64. The van der Waals surface area contributed by atoms with E-state index in [0.717, 1.165) is 58.0 Å². The second-order valence-electron chi connectivity index (χ2n) is 7.56. The Hall–Kier alpha value is -2.35. The topological polar surface area (TPSA) is 82.1 Å². The normalized spacial score (nSPS) is 23.0. The van der Waals surface area contributed by atoms with Crippen molar-refractivity contribution < 1.29 is 9.53 Å². The zero-order valence-corrected chi connectivity index (χ0v) is 17.0. The summed E-state index contributed by atoms with van der Waals surface area (Å²) in [6, 6.07) is 5.92. The summed E-state index contributed by atoms with van der Waals surface area (Å²) in [4.78, 5) is 25.3. The van der Waals surface area contributed by atoms with E-state index in [4.69, 9.17) is 4.74 Å². The largest absolute Gasteiger partial charge is 0.373 e. The number of pyridine rings is 1. The van der Waals surface area contributed by atoms with Crippen molar-refractivity contribution in [3.8, 4) is 0 Å². The highest BCUT2D eigenvalue weighted by Gasteiger charge is 2.29. The predicted octanol–water partition coefficient (Wildman–Crippen LogP) is 0.854. The molecule has 0 spiro atoms. The van der Waals surface area contributed by atoms with Gasteiger partial charge >= 0.3 is 0 Å². The number of piperazine rings is 1. The molecule has 1 aromatic heterocycles. The quantitative estimate of drug-likeness (QED) is 0.556. The molecule has 1 aromatic rings. The van der Waals surface area contributed by atoms with Crippen molar-refractivity contribution in [2.75, 3.05) is 57.8 Å². The van der Waals surface area contributed by atoms with Gasteiger partial charge in [-0.2, -0.15) is 0 Å². The average molecular weight is 389 g/mol. The van der Waals surface area contributed by atoms with Crippen LogP contribution < -0.4 is 15.5 Å². The standard InChI is InChI=1S/C20H32N6O2/c1-20(8-5-15-28-20)16-24-19(21-2)23-10-7-18(27)26-13-11-25(12-14-26)17-6-3-4-9-22-17/h3-4,6,9H,5,7-8,10-16H2,1-2H3,(H2,21,23,24). The molecule has 1 atom stereocenters. The first-order valence-electron chi connectivity index (χ1n) is 10.1. The molecule has 3 rings (SSSR count). The fraction of sp³-hybridized carbons (Fsp3) is 0.650. The number of aromatic nitrogens is 1. The Labute approximate surface area is 167 Å². The van der Waals surface area contributed by atoms with Crippen molar-refractivity contribution in [3.63, 3.8) is 0 Å². The summed E-state index contributed by atoms with van der Waals surface area (Å²) < 4.78 is 5.78. The van der Waals surface area contributed by atoms with E-state index >= 15 is 0 Å². The zero-order valence-electron chi connectivity index (χ0n) is 17.0. The molecule has 8 nitrogen and oxygen atoms in total. The van der Waals surface area contributed by atoms with E-state index in [1.165, 1.54) is 0 Å². The van der Waals surface area contributed by atoms with Gasteiger partial charge in [-0.15, -0.1) is 0 Å². The van der Waals surface area contributed by atoms with Gasteiger partial charge in [0.2, 0.25) is 5.91 Å². The Morgan fingerprint density at radius 3 is 2.75 bits per heavy atom. The van der Waals surface area contributed by atoms with Gasteiger partial charge in [0.25, 0.3) is 0 Å². The number of ether oxygens (including phenoxy) is 1. The molecule has 1 unspecified atom stereocenters. The van der Waals surface area contributed by atoms with Gasteiger partial charge in [-0.3, -0.25) is 9.79 Å². The number of rotatable bonds is 6. The SMILES string of the molecule is CN=C(NCCC(=O)N1CCN(c2ccccn2)CC1)NCC1(C)CCCO1. The lowest BCUT2D eigenvalue weighted by Crippen LogP contribution is -2.50. The van der Waals surface area contributed by atoms with Crippen molar-refractivity contribution >= 4 is 17.7 Å². The molecule has 28 heavy (non-hydrogen) atoms. The van der Waals surface area contributed by atoms with E-state index in [9.17, 15) is 4.79 Å². The van der Waals surface area contributed by atoms with Crippen molar-refractivity contribution in [2.45, 2.75) is 31.8 Å². The molecule has 2 aliphatic heterocycles. The van der Waals surface area contributed by atoms with Gasteiger partial charge in [-0.1, -0.05) is 6.07 Å². The third kappa shape index (κ3) is 5.58. The second-order valence-corrected chi connectivity index (χ2v) is 7.56. The minimum absolute atomic E-state index is 0.124. The van der Waals surface area contributed by atoms with Crippen LogP contribution in [-0.4, -0.2) is 80.3 Å². The van der Waals surface area contributed by atoms with Gasteiger partial charge in [-0.05, 0) is 31.9 Å². The van der Waals surface area contributed by atoms with Gasteiger partial charge in [0.05, 0.1) is 5.60 Å². The Morgan fingerprint density at radius 2 is 2.11 bits per heavy atom. The Bertz CT molecular complexity index is 652. The first kappa shape index (κ1) is 20.4. The van der Waals surface area contributed by atoms with Gasteiger partial charge < -0.3 is 25.2 Å². The van der Waals surface area contributed by atoms with Gasteiger partial charge in [0.1, 0.15) is 5.82 Å². The van der Waals surface area contributed by atoms with E-state index < -0.39 is 0 Å². The highest BCUT2D eigenvalue weighted by molar-refractivity contribution is 5.81. The van der Waals surface area contributed by atoms with Crippen molar-refractivity contribution in [1.29, 1.82) is 0 Å². The molecule has 8 heteroatoms. The number of hydrogen-bond donors (Lipinski definition) is 2. The summed E-state index contributed by atoms with van der Waals surface area (Å²) >= 11 is 0. The minimum atomic E-state index is -0.124. The van der Waals surface area contributed by atoms with Crippen LogP contribution in [0.25, 0.3) is 0 Å². The van der Waals surface area contributed by atoms with E-state index in [0.29, 0.717) is 18.9 Å². The van der Waals surface area contributed by atoms with Crippen LogP contribution >= 0.6 is 0 Å². The number of guanidine groups is 1. The third-order valence-electron chi connectivity index (χ3n) is 5.39. The predicted molar refractivity (Wildman–Crippen MR) is 111 cm³/mol. The van der Waals surface area contributed by atoms with Crippen LogP contribution in [0.4, 0.5) is 5.82 Å². The Balaban J connectivity index is 1.35. The van der Waals surface area contributed by atoms with Crippen molar-refractivity contribution in [3.05, 3.63) is 24.4 Å². The smallest absolute Gasteiger partial charge is 0.224 e. The first-order chi connectivity index (χ1) is 13.6. The maximum absolute atomic E-state index is 12.5. The van der Waals surface area contributed by atoms with E-state index in [1.54, 1.807) is 13.2 Å². The molecule has 2 N–H and O–H groups in total. The Morgan fingerprint density at radius 1 is 1.29 bits per heavy atom. The molecule has 1 amide bonds. The molecule has 0 bridgehead atoms. The van der Waals surface area contributed by atoms with E-state index in [2.05, 4.69) is 32.4 Å². The molecule has 3 heterocycles. The maximum Gasteiger partial charge on any atom is 0.224 e. The molecule has 0 aromatic carbocycles. The molecule has 154 valence electrons. The van der Waals surface area contributed by atoms with Crippen LogP contribution in [0.15, 0.2) is 29.4 Å². The molecule has 0 radical (unpaired) electrons. The summed E-state index contributed by atoms with van der Waals surface area (Å²) in [5.74, 6) is 1.87. The number of amides is 1. The van der Waals surface area contributed by atoms with Crippen LogP contribution in [-0.2, 0) is 9.53 Å². The zero-order chi connectivity index (χ0) is 19.8. The van der Waals surface area contributed by atoms with Crippen LogP contribution in [0, 0.1) is 0 Å². The lowest BCUT2D eigenvalue weighted by atomic mass is 10.0. The highest BCUT2D eigenvalue weighted by Crippen LogP contribution is 2.23. The lowest BCUT2D eigenvalue weighted by Gasteiger charge is -2.35. The Kier molecular flexibility index (Phi) is 7.08. The number of nitrogens with zero attached hydrogens (tertiary/aromatic N) is 4. The van der Waals surface area contributed by atoms with Crippen LogP contribution in [0.5, 0.6) is 0 Å². The summed E-state index contributed by atoms with van der Waals surface area (Å²) in [5.41, 5.74) is -0.124. The number of aliphatic imine (C=N–C) groups is 1. The number of nitrogens with one attached hydrogen (secondary N) is 2. The lowest BCUT2D eigenvalue weighted by molar-refractivity contribution is -0.131. The average Bonchev–Trinajstić information content (AvgIpc) is 3.18. The minimum Gasteiger partial charge on any atom is -0.373 e. The van der Waals surface area contributed by atoms with Crippen molar-refractivity contribution in [1.82, 2.24) is 20.5 Å². The molecule has 2 aliphatic rings. The van der Waals surface area contributed by atoms with Crippen LogP contribution in [0.2, 0.25) is 0 Å². The first-order valence-corrected chi connectivity index (χ1v) is 10.1. The molecular formula is C20H32N6O2. The summed E-state index contributed by atoms with van der Waals surface area (Å²) in [6.45, 7) is 7.33. The fourth-order valence-electron chi connectivity index (χ4n) is 3.64. The van der Waals surface area contributed by atoms with Gasteiger partial charge in [-0.25, -0.2) is 4.98 Å². The molecule has 0 aliphatic carbocycles. The second kappa shape index (κ2) is 9.73. The number of hydrogen-bond acceptors (Lipinski definition) is 5. The maximum atomic E-state index is 12.5. The van der Waals surface area contributed by atoms with E-state index in [-0.39, 0.29) is 11.5 Å². The van der Waals surface area contributed by atoms with Gasteiger partial charge in [0, 0.05) is 65.5 Å². The highest BCUT2D eigenvalue weighted by atomic mass is 16.5. The summed E-state index contributed by atoms with van der Waals surface area (Å²) in [6.07, 6.45) is 4.42. The summed E-state index contributed by atoms with van der Waals surface area (Å²) in [7, 11) is 1.74. The summed E-state index contributed by atoms with van der Waals surface area (Å²) in [5, 5.41) is 6.54. The van der Waals surface area contributed by atoms with Crippen molar-refractivity contribution in [2.24, 2.45) is 4.99 Å².